The number of piperidine rings is 1. The van der Waals surface area contributed by atoms with Crippen LogP contribution in [0.2, 0.25) is 0 Å². The maximum absolute atomic E-state index is 13.4. The van der Waals surface area contributed by atoms with E-state index in [1.807, 2.05) is 68.9 Å². The van der Waals surface area contributed by atoms with E-state index in [0.29, 0.717) is 23.6 Å². The second kappa shape index (κ2) is 13.5. The molecule has 12 nitrogen and oxygen atoms in total. The van der Waals surface area contributed by atoms with Crippen LogP contribution in [0.5, 0.6) is 5.75 Å². The van der Waals surface area contributed by atoms with E-state index < -0.39 is 0 Å². The van der Waals surface area contributed by atoms with Gasteiger partial charge in [0, 0.05) is 43.5 Å². The summed E-state index contributed by atoms with van der Waals surface area (Å²) in [6, 6.07) is 11.5. The summed E-state index contributed by atoms with van der Waals surface area (Å²) < 4.78 is 10.3. The molecular formula is C35H46N10O2. The fourth-order valence-electron chi connectivity index (χ4n) is 6.30. The Balaban J connectivity index is 1.15. The fraction of sp³-hybridized carbons (Fsp3) is 0.457. The molecule has 0 spiro atoms. The molecule has 0 saturated carbocycles. The number of benzene rings is 1. The van der Waals surface area contributed by atoms with Gasteiger partial charge in [-0.15, -0.1) is 10.2 Å². The molecule has 1 aliphatic heterocycles. The standard InChI is InChI=1S/C35H46N10O2/c1-6-23-15-17-44(18-16-23)34-42-41-32-14-11-25(22-45(32)34)47-29-13-12-28(26-9-7-8-10-27(26)29)39-33(46)40-31(19-30(36)35(2,3)4)38-24-20-37-43(5)21-24/h7-11,14,19-23,28-29,36,38H,6,12-13,15-18H2,1-5H3,(H2,39,40,46)/b31-19+,36-30?/t28-,29+/m0/s1. The lowest BCUT2D eigenvalue weighted by Crippen LogP contribution is -2.41. The molecule has 4 aromatic rings. The SMILES string of the molecule is CCC1CCN(c2nnc3ccc(O[C@@H]4CC[C@H](NC(=O)N/C(=C/C(=N)C(C)(C)C)Nc5cnn(C)c5)c5ccccc54)cn23)CC1. The number of ether oxygens (including phenoxy) is 1. The molecule has 4 N–H and O–H groups in total. The van der Waals surface area contributed by atoms with Gasteiger partial charge in [0.15, 0.2) is 5.65 Å². The average Bonchev–Trinajstić information content (AvgIpc) is 3.67. The smallest absolute Gasteiger partial charge is 0.320 e. The lowest BCUT2D eigenvalue weighted by molar-refractivity contribution is 0.171. The van der Waals surface area contributed by atoms with Crippen LogP contribution >= 0.6 is 0 Å². The number of pyridine rings is 1. The zero-order valence-electron chi connectivity index (χ0n) is 28.0. The van der Waals surface area contributed by atoms with Gasteiger partial charge >= 0.3 is 6.03 Å². The number of aromatic nitrogens is 5. The number of nitrogens with one attached hydrogen (secondary N) is 4. The minimum Gasteiger partial charge on any atom is -0.484 e. The summed E-state index contributed by atoms with van der Waals surface area (Å²) in [6.45, 7) is 10.1. The Bertz CT molecular complexity index is 1760. The molecule has 2 aliphatic rings. The highest BCUT2D eigenvalue weighted by Gasteiger charge is 2.30. The molecule has 3 aromatic heterocycles. The van der Waals surface area contributed by atoms with Gasteiger partial charge in [0.25, 0.3) is 0 Å². The van der Waals surface area contributed by atoms with Crippen LogP contribution < -0.4 is 25.6 Å². The summed E-state index contributed by atoms with van der Waals surface area (Å²) in [5.74, 6) is 2.80. The van der Waals surface area contributed by atoms with Crippen LogP contribution in [0.4, 0.5) is 16.4 Å². The maximum Gasteiger partial charge on any atom is 0.320 e. The molecule has 2 amide bonds. The van der Waals surface area contributed by atoms with Gasteiger partial charge in [-0.05, 0) is 54.9 Å². The molecule has 0 radical (unpaired) electrons. The second-order valence-electron chi connectivity index (χ2n) is 13.6. The summed E-state index contributed by atoms with van der Waals surface area (Å²) in [7, 11) is 1.82. The molecular weight excluding hydrogens is 592 g/mol. The van der Waals surface area contributed by atoms with Gasteiger partial charge in [0.1, 0.15) is 17.7 Å². The van der Waals surface area contributed by atoms with Crippen LogP contribution in [0.15, 0.2) is 66.9 Å². The molecule has 47 heavy (non-hydrogen) atoms. The number of hydrogen-bond donors (Lipinski definition) is 4. The maximum atomic E-state index is 13.4. The van der Waals surface area contributed by atoms with Crippen molar-refractivity contribution in [3.05, 3.63) is 78.0 Å². The number of urea groups is 1. The van der Waals surface area contributed by atoms with E-state index in [2.05, 4.69) is 55.2 Å². The van der Waals surface area contributed by atoms with Crippen molar-refractivity contribution in [2.45, 2.75) is 71.9 Å². The first-order valence-corrected chi connectivity index (χ1v) is 16.6. The van der Waals surface area contributed by atoms with E-state index in [4.69, 9.17) is 10.1 Å². The number of amides is 2. The van der Waals surface area contributed by atoms with Crippen LogP contribution in [-0.2, 0) is 7.05 Å². The highest BCUT2D eigenvalue weighted by atomic mass is 16.5. The molecule has 2 atom stereocenters. The first-order chi connectivity index (χ1) is 22.6. The van der Waals surface area contributed by atoms with Crippen molar-refractivity contribution in [2.24, 2.45) is 18.4 Å². The van der Waals surface area contributed by atoms with Crippen molar-refractivity contribution in [1.82, 2.24) is 35.0 Å². The van der Waals surface area contributed by atoms with Gasteiger partial charge in [0.05, 0.1) is 24.1 Å². The minimum absolute atomic E-state index is 0.167. The van der Waals surface area contributed by atoms with Crippen LogP contribution in [0, 0.1) is 16.7 Å². The summed E-state index contributed by atoms with van der Waals surface area (Å²) in [6.07, 6.45) is 12.0. The molecule has 4 heterocycles. The zero-order chi connectivity index (χ0) is 33.1. The fourth-order valence-corrected chi connectivity index (χ4v) is 6.30. The van der Waals surface area contributed by atoms with Crippen LogP contribution in [0.1, 0.15) is 83.1 Å². The van der Waals surface area contributed by atoms with Crippen LogP contribution in [0.25, 0.3) is 5.65 Å². The molecule has 1 saturated heterocycles. The Hall–Kier alpha value is -4.87. The lowest BCUT2D eigenvalue weighted by Gasteiger charge is -2.32. The molecule has 6 rings (SSSR count). The number of rotatable bonds is 9. The molecule has 1 aromatic carbocycles. The third-order valence-electron chi connectivity index (χ3n) is 9.18. The number of carbonyl (C=O) groups excluding carboxylic acids is 1. The molecule has 0 unspecified atom stereocenters. The normalized spacial score (nSPS) is 18.9. The largest absolute Gasteiger partial charge is 0.484 e. The van der Waals surface area contributed by atoms with Crippen molar-refractivity contribution in [2.75, 3.05) is 23.3 Å². The first-order valence-electron chi connectivity index (χ1n) is 16.6. The van der Waals surface area contributed by atoms with E-state index in [1.54, 1.807) is 17.0 Å². The number of nitrogens with zero attached hydrogens (tertiary/aromatic N) is 6. The van der Waals surface area contributed by atoms with Crippen molar-refractivity contribution < 1.29 is 9.53 Å². The molecule has 0 bridgehead atoms. The van der Waals surface area contributed by atoms with Crippen molar-refractivity contribution in [1.29, 1.82) is 5.41 Å². The topological polar surface area (TPSA) is 137 Å². The van der Waals surface area contributed by atoms with E-state index in [1.165, 1.54) is 19.3 Å². The minimum atomic E-state index is -0.385. The highest BCUT2D eigenvalue weighted by molar-refractivity contribution is 5.97. The number of carbonyl (C=O) groups is 1. The summed E-state index contributed by atoms with van der Waals surface area (Å²) in [5.41, 5.74) is 3.58. The van der Waals surface area contributed by atoms with E-state index in [-0.39, 0.29) is 23.6 Å². The molecule has 1 fully saturated rings. The lowest BCUT2D eigenvalue weighted by atomic mass is 9.85. The first kappa shape index (κ1) is 32.1. The van der Waals surface area contributed by atoms with Gasteiger partial charge in [0.2, 0.25) is 5.95 Å². The second-order valence-corrected chi connectivity index (χ2v) is 13.6. The summed E-state index contributed by atoms with van der Waals surface area (Å²) in [4.78, 5) is 15.7. The molecule has 12 heteroatoms. The predicted octanol–water partition coefficient (Wildman–Crippen LogP) is 6.36. The third kappa shape index (κ3) is 7.42. The van der Waals surface area contributed by atoms with Gasteiger partial charge in [-0.1, -0.05) is 58.4 Å². The Morgan fingerprint density at radius 1 is 1.04 bits per heavy atom. The molecule has 1 aliphatic carbocycles. The number of fused-ring (bicyclic) bond motifs is 2. The molecule has 248 valence electrons. The van der Waals surface area contributed by atoms with Crippen LogP contribution in [0.3, 0.4) is 0 Å². The van der Waals surface area contributed by atoms with Crippen molar-refractivity contribution in [3.63, 3.8) is 0 Å². The Labute approximate surface area is 276 Å². The van der Waals surface area contributed by atoms with E-state index in [9.17, 15) is 4.79 Å². The number of hydrogen-bond acceptors (Lipinski definition) is 8. The summed E-state index contributed by atoms with van der Waals surface area (Å²) in [5, 5.41) is 30.9. The predicted molar refractivity (Wildman–Crippen MR) is 184 cm³/mol. The van der Waals surface area contributed by atoms with E-state index >= 15 is 0 Å². The quantitative estimate of drug-likeness (QED) is 0.157. The number of aryl methyl sites for hydroxylation is 1. The number of allylic oxidation sites excluding steroid dienone is 1. The van der Waals surface area contributed by atoms with Gasteiger partial charge < -0.3 is 25.7 Å². The van der Waals surface area contributed by atoms with Gasteiger partial charge in [-0.2, -0.15) is 5.10 Å². The van der Waals surface area contributed by atoms with Crippen molar-refractivity contribution >= 4 is 29.0 Å². The summed E-state index contributed by atoms with van der Waals surface area (Å²) >= 11 is 0. The average molecular weight is 639 g/mol. The van der Waals surface area contributed by atoms with Crippen LogP contribution in [-0.4, -0.2) is 49.2 Å². The Morgan fingerprint density at radius 2 is 1.81 bits per heavy atom. The highest BCUT2D eigenvalue weighted by Crippen LogP contribution is 2.39. The zero-order valence-corrected chi connectivity index (χ0v) is 28.0. The Morgan fingerprint density at radius 3 is 2.51 bits per heavy atom. The van der Waals surface area contributed by atoms with Gasteiger partial charge in [-0.3, -0.25) is 14.4 Å². The third-order valence-corrected chi connectivity index (χ3v) is 9.18. The number of anilines is 2. The van der Waals surface area contributed by atoms with Gasteiger partial charge in [-0.25, -0.2) is 4.79 Å². The monoisotopic (exact) mass is 638 g/mol. The Kier molecular flexibility index (Phi) is 9.19. The van der Waals surface area contributed by atoms with Crippen molar-refractivity contribution in [3.8, 4) is 5.75 Å². The van der Waals surface area contributed by atoms with E-state index in [0.717, 1.165) is 53.9 Å².